The van der Waals surface area contributed by atoms with E-state index in [1.165, 1.54) is 4.90 Å². The molecule has 9 heteroatoms. The minimum atomic E-state index is -0.868. The Balaban J connectivity index is 1.25. The van der Waals surface area contributed by atoms with Crippen molar-refractivity contribution in [2.75, 3.05) is 34.1 Å². The maximum Gasteiger partial charge on any atom is 0.325 e. The van der Waals surface area contributed by atoms with Crippen LogP contribution in [0, 0.1) is 5.92 Å². The van der Waals surface area contributed by atoms with E-state index in [4.69, 9.17) is 18.9 Å². The topological polar surface area (TPSA) is 89.6 Å². The van der Waals surface area contributed by atoms with Crippen molar-refractivity contribution < 1.29 is 28.5 Å². The van der Waals surface area contributed by atoms with Gasteiger partial charge in [-0.15, -0.1) is 0 Å². The van der Waals surface area contributed by atoms with Crippen LogP contribution in [0.3, 0.4) is 0 Å². The highest BCUT2D eigenvalue weighted by molar-refractivity contribution is 6.07. The molecule has 2 saturated heterocycles. The fourth-order valence-corrected chi connectivity index (χ4v) is 5.65. The van der Waals surface area contributed by atoms with Crippen LogP contribution < -0.4 is 24.3 Å². The van der Waals surface area contributed by atoms with Crippen molar-refractivity contribution in [2.24, 2.45) is 5.92 Å². The van der Waals surface area contributed by atoms with Gasteiger partial charge in [-0.1, -0.05) is 13.0 Å². The molecule has 3 aliphatic rings. The molecule has 0 aliphatic carbocycles. The molecular weight excluding hydrogens is 462 g/mol. The molecule has 192 valence electrons. The molecule has 1 unspecified atom stereocenters. The summed E-state index contributed by atoms with van der Waals surface area (Å²) in [5.74, 6) is 2.89. The number of urea groups is 1. The molecular formula is C27H33N3O6. The lowest BCUT2D eigenvalue weighted by molar-refractivity contribution is -0.134. The van der Waals surface area contributed by atoms with Crippen molar-refractivity contribution in [3.63, 3.8) is 0 Å². The molecule has 3 aliphatic heterocycles. The lowest BCUT2D eigenvalue weighted by Crippen LogP contribution is -2.55. The third kappa shape index (κ3) is 4.32. The lowest BCUT2D eigenvalue weighted by atomic mass is 9.75. The molecule has 2 aromatic rings. The number of nitrogens with zero attached hydrogens (tertiary/aromatic N) is 2. The van der Waals surface area contributed by atoms with Crippen molar-refractivity contribution in [3.05, 3.63) is 47.5 Å². The maximum atomic E-state index is 13.7. The number of hydrogen-bond acceptors (Lipinski definition) is 7. The fraction of sp³-hybridized carbons (Fsp3) is 0.481. The summed E-state index contributed by atoms with van der Waals surface area (Å²) < 4.78 is 21.7. The van der Waals surface area contributed by atoms with Crippen LogP contribution in [0.1, 0.15) is 37.3 Å². The van der Waals surface area contributed by atoms with Gasteiger partial charge in [0.25, 0.3) is 5.91 Å². The van der Waals surface area contributed by atoms with Crippen LogP contribution in [-0.2, 0) is 17.9 Å². The summed E-state index contributed by atoms with van der Waals surface area (Å²) in [5.41, 5.74) is 1.03. The van der Waals surface area contributed by atoms with Crippen LogP contribution in [0.4, 0.5) is 4.79 Å². The average Bonchev–Trinajstić information content (AvgIpc) is 3.47. The molecule has 3 amide bonds. The van der Waals surface area contributed by atoms with Crippen LogP contribution in [0.25, 0.3) is 0 Å². The van der Waals surface area contributed by atoms with Gasteiger partial charge in [0, 0.05) is 12.1 Å². The second-order valence-electron chi connectivity index (χ2n) is 9.56. The van der Waals surface area contributed by atoms with Crippen molar-refractivity contribution >= 4 is 11.9 Å². The number of amides is 3. The number of fused-ring (bicyclic) bond motifs is 1. The summed E-state index contributed by atoms with van der Waals surface area (Å²) in [4.78, 5) is 30.4. The first-order valence-electron chi connectivity index (χ1n) is 12.4. The number of carbonyl (C=O) groups excluding carboxylic acids is 2. The highest BCUT2D eigenvalue weighted by atomic mass is 16.7. The Hall–Kier alpha value is -3.46. The monoisotopic (exact) mass is 495 g/mol. The number of rotatable bonds is 8. The Morgan fingerprint density at radius 3 is 2.50 bits per heavy atom. The van der Waals surface area contributed by atoms with Crippen molar-refractivity contribution in [1.82, 2.24) is 15.1 Å². The maximum absolute atomic E-state index is 13.7. The smallest absolute Gasteiger partial charge is 0.325 e. The van der Waals surface area contributed by atoms with E-state index in [-0.39, 0.29) is 31.2 Å². The van der Waals surface area contributed by atoms with Gasteiger partial charge in [-0.2, -0.15) is 0 Å². The molecule has 2 fully saturated rings. The summed E-state index contributed by atoms with van der Waals surface area (Å²) >= 11 is 0. The van der Waals surface area contributed by atoms with Gasteiger partial charge in [0.1, 0.15) is 17.0 Å². The predicted octanol–water partition coefficient (Wildman–Crippen LogP) is 3.55. The van der Waals surface area contributed by atoms with E-state index < -0.39 is 5.54 Å². The van der Waals surface area contributed by atoms with E-state index in [9.17, 15) is 9.59 Å². The molecule has 36 heavy (non-hydrogen) atoms. The zero-order valence-corrected chi connectivity index (χ0v) is 21.0. The molecule has 0 bridgehead atoms. The van der Waals surface area contributed by atoms with Gasteiger partial charge in [0.2, 0.25) is 6.79 Å². The van der Waals surface area contributed by atoms with Gasteiger partial charge < -0.3 is 24.3 Å². The third-order valence-electron chi connectivity index (χ3n) is 7.70. The molecule has 3 heterocycles. The molecule has 0 spiro atoms. The molecule has 9 nitrogen and oxygen atoms in total. The van der Waals surface area contributed by atoms with Crippen molar-refractivity contribution in [2.45, 2.75) is 44.8 Å². The highest BCUT2D eigenvalue weighted by Gasteiger charge is 2.54. The van der Waals surface area contributed by atoms with Crippen LogP contribution in [-0.4, -0.2) is 61.4 Å². The number of piperidine rings is 1. The zero-order chi connectivity index (χ0) is 25.3. The molecule has 1 N–H and O–H groups in total. The first kappa shape index (κ1) is 24.2. The Labute approximate surface area is 211 Å². The van der Waals surface area contributed by atoms with Crippen molar-refractivity contribution in [3.8, 4) is 23.0 Å². The van der Waals surface area contributed by atoms with Crippen LogP contribution in [0.2, 0.25) is 0 Å². The first-order valence-corrected chi connectivity index (χ1v) is 12.4. The summed E-state index contributed by atoms with van der Waals surface area (Å²) in [6.07, 6.45) is 2.21. The summed E-state index contributed by atoms with van der Waals surface area (Å²) in [5, 5.41) is 3.08. The third-order valence-corrected chi connectivity index (χ3v) is 7.70. The SMILES string of the molecule is CCC1(C2CCN(Cc3cc(OC)ccc3OC)CC2)NC(=O)N(Cc2ccc3c(c2)OCO3)C1=O. The molecule has 0 saturated carbocycles. The second kappa shape index (κ2) is 9.89. The summed E-state index contributed by atoms with van der Waals surface area (Å²) in [7, 11) is 3.33. The first-order chi connectivity index (χ1) is 17.5. The molecule has 0 radical (unpaired) electrons. The molecule has 1 atom stereocenters. The average molecular weight is 496 g/mol. The number of benzene rings is 2. The minimum absolute atomic E-state index is 0.0733. The van der Waals surface area contributed by atoms with E-state index in [1.54, 1.807) is 14.2 Å². The standard InChI is InChI=1S/C27H33N3O6/c1-4-27(20-9-11-29(12-10-20)16-19-14-21(33-2)6-8-22(19)34-3)25(31)30(26(32)28-27)15-18-5-7-23-24(13-18)36-17-35-23/h5-8,13-14,20H,4,9-12,15-17H2,1-3H3,(H,28,32). The predicted molar refractivity (Wildman–Crippen MR) is 132 cm³/mol. The van der Waals surface area contributed by atoms with Crippen LogP contribution >= 0.6 is 0 Å². The number of hydrogen-bond donors (Lipinski definition) is 1. The van der Waals surface area contributed by atoms with Crippen molar-refractivity contribution in [1.29, 1.82) is 0 Å². The van der Waals surface area contributed by atoms with E-state index in [0.717, 1.165) is 55.1 Å². The van der Waals surface area contributed by atoms with Gasteiger partial charge in [-0.25, -0.2) is 4.79 Å². The summed E-state index contributed by atoms with van der Waals surface area (Å²) in [6.45, 7) is 4.77. The normalized spacial score (nSPS) is 22.1. The van der Waals surface area contributed by atoms with Gasteiger partial charge in [0.05, 0.1) is 20.8 Å². The Morgan fingerprint density at radius 1 is 1.00 bits per heavy atom. The van der Waals surface area contributed by atoms with E-state index in [0.29, 0.717) is 17.9 Å². The molecule has 5 rings (SSSR count). The van der Waals surface area contributed by atoms with Gasteiger partial charge in [-0.3, -0.25) is 14.6 Å². The number of nitrogens with one attached hydrogen (secondary N) is 1. The Kier molecular flexibility index (Phi) is 6.66. The van der Waals surface area contributed by atoms with E-state index in [2.05, 4.69) is 10.2 Å². The van der Waals surface area contributed by atoms with E-state index in [1.807, 2.05) is 43.3 Å². The fourth-order valence-electron chi connectivity index (χ4n) is 5.65. The van der Waals surface area contributed by atoms with Gasteiger partial charge >= 0.3 is 6.03 Å². The van der Waals surface area contributed by atoms with Gasteiger partial charge in [-0.05, 0) is 74.2 Å². The number of likely N-dealkylation sites (tertiary alicyclic amines) is 1. The lowest BCUT2D eigenvalue weighted by Gasteiger charge is -2.40. The highest BCUT2D eigenvalue weighted by Crippen LogP contribution is 2.38. The Bertz CT molecular complexity index is 1150. The van der Waals surface area contributed by atoms with Crippen LogP contribution in [0.5, 0.6) is 23.0 Å². The number of carbonyl (C=O) groups is 2. The largest absolute Gasteiger partial charge is 0.497 e. The zero-order valence-electron chi connectivity index (χ0n) is 21.0. The van der Waals surface area contributed by atoms with Crippen LogP contribution in [0.15, 0.2) is 36.4 Å². The summed E-state index contributed by atoms with van der Waals surface area (Å²) in [6, 6.07) is 11.0. The number of imide groups is 1. The molecule has 0 aromatic heterocycles. The number of ether oxygens (including phenoxy) is 4. The number of methoxy groups -OCH3 is 2. The van der Waals surface area contributed by atoms with E-state index >= 15 is 0 Å². The molecule has 2 aromatic carbocycles. The second-order valence-corrected chi connectivity index (χ2v) is 9.56. The quantitative estimate of drug-likeness (QED) is 0.560. The van der Waals surface area contributed by atoms with Gasteiger partial charge in [0.15, 0.2) is 11.5 Å². The Morgan fingerprint density at radius 2 is 1.78 bits per heavy atom. The minimum Gasteiger partial charge on any atom is -0.497 e.